The lowest BCUT2D eigenvalue weighted by Gasteiger charge is -2.25. The lowest BCUT2D eigenvalue weighted by molar-refractivity contribution is -0.119. The van der Waals surface area contributed by atoms with E-state index in [4.69, 9.17) is 11.6 Å². The number of carbonyl (C=O) groups excluding carboxylic acids is 1. The van der Waals surface area contributed by atoms with E-state index in [0.29, 0.717) is 5.02 Å². The van der Waals surface area contributed by atoms with E-state index in [1.54, 1.807) is 25.2 Å². The van der Waals surface area contributed by atoms with Crippen LogP contribution in [-0.4, -0.2) is 24.5 Å². The maximum Gasteiger partial charge on any atom is 0.248 e. The number of carbonyl (C=O) groups is 1. The summed E-state index contributed by atoms with van der Waals surface area (Å²) in [4.78, 5) is 25.1. The average Bonchev–Trinajstić information content (AvgIpc) is 2.64. The third kappa shape index (κ3) is 2.44. The highest BCUT2D eigenvalue weighted by Gasteiger charge is 2.33. The van der Waals surface area contributed by atoms with Crippen molar-refractivity contribution in [3.05, 3.63) is 69.6 Å². The van der Waals surface area contributed by atoms with Crippen LogP contribution in [0.15, 0.2) is 53.8 Å². The summed E-state index contributed by atoms with van der Waals surface area (Å²) in [5.74, 6) is -0.193. The molecule has 0 saturated heterocycles. The molecule has 1 aliphatic rings. The van der Waals surface area contributed by atoms with Gasteiger partial charge in [-0.05, 0) is 23.8 Å². The number of anilines is 1. The van der Waals surface area contributed by atoms with Crippen LogP contribution in [0.25, 0.3) is 0 Å². The second kappa shape index (κ2) is 5.77. The first kappa shape index (κ1) is 14.5. The molecule has 0 saturated carbocycles. The Labute approximate surface area is 133 Å². The molecule has 22 heavy (non-hydrogen) atoms. The Hall–Kier alpha value is -2.40. The van der Waals surface area contributed by atoms with Gasteiger partial charge in [-0.3, -0.25) is 4.79 Å². The van der Waals surface area contributed by atoms with E-state index in [1.165, 1.54) is 9.91 Å². The van der Waals surface area contributed by atoms with Crippen LogP contribution >= 0.6 is 11.6 Å². The van der Waals surface area contributed by atoms with Gasteiger partial charge in [-0.1, -0.05) is 41.9 Å². The first-order valence-electron chi connectivity index (χ1n) is 6.82. The van der Waals surface area contributed by atoms with Crippen molar-refractivity contribution >= 4 is 23.2 Å². The molecule has 5 nitrogen and oxygen atoms in total. The van der Waals surface area contributed by atoms with Crippen molar-refractivity contribution in [1.29, 1.82) is 0 Å². The minimum Gasteiger partial charge on any atom is -0.314 e. The molecule has 0 aliphatic carbocycles. The number of rotatable bonds is 2. The Balaban J connectivity index is 2.24. The fourth-order valence-corrected chi connectivity index (χ4v) is 2.92. The molecule has 0 aromatic heterocycles. The molecule has 0 spiro atoms. The number of hydrogen-bond donors (Lipinski definition) is 0. The Morgan fingerprint density at radius 2 is 1.91 bits per heavy atom. The van der Waals surface area contributed by atoms with Gasteiger partial charge in [0.15, 0.2) is 0 Å². The normalized spacial score (nSPS) is 17.9. The van der Waals surface area contributed by atoms with E-state index in [1.807, 2.05) is 30.3 Å². The lowest BCUT2D eigenvalue weighted by atomic mass is 9.97. The molecule has 0 N–H and O–H groups in total. The zero-order chi connectivity index (χ0) is 15.7. The quantitative estimate of drug-likeness (QED) is 0.798. The smallest absolute Gasteiger partial charge is 0.248 e. The Morgan fingerprint density at radius 1 is 1.18 bits per heavy atom. The van der Waals surface area contributed by atoms with Crippen molar-refractivity contribution in [1.82, 2.24) is 5.01 Å². The van der Waals surface area contributed by atoms with Crippen molar-refractivity contribution in [3.63, 3.8) is 0 Å². The van der Waals surface area contributed by atoms with Gasteiger partial charge in [-0.25, -0.2) is 5.01 Å². The van der Waals surface area contributed by atoms with Crippen LogP contribution in [-0.2, 0) is 4.79 Å². The number of likely N-dealkylation sites (N-methyl/N-ethyl adjacent to an activating group) is 1. The molecule has 112 valence electrons. The SMILES string of the molecule is CN1C(=O)CN(N=O)C(c2ccccc2)c2cc(Cl)ccc21. The van der Waals surface area contributed by atoms with Crippen molar-refractivity contribution in [2.75, 3.05) is 18.5 Å². The molecule has 1 amide bonds. The van der Waals surface area contributed by atoms with Crippen molar-refractivity contribution in [2.24, 2.45) is 5.29 Å². The second-order valence-corrected chi connectivity index (χ2v) is 5.58. The molecule has 0 bridgehead atoms. The van der Waals surface area contributed by atoms with Gasteiger partial charge < -0.3 is 4.90 Å². The van der Waals surface area contributed by atoms with E-state index in [9.17, 15) is 9.70 Å². The van der Waals surface area contributed by atoms with Crippen molar-refractivity contribution in [2.45, 2.75) is 6.04 Å². The molecular weight excluding hydrogens is 302 g/mol. The summed E-state index contributed by atoms with van der Waals surface area (Å²) >= 11 is 6.13. The monoisotopic (exact) mass is 315 g/mol. The summed E-state index contributed by atoms with van der Waals surface area (Å²) in [6.45, 7) is -0.0775. The van der Waals surface area contributed by atoms with E-state index < -0.39 is 6.04 Å². The average molecular weight is 316 g/mol. The molecule has 0 fully saturated rings. The van der Waals surface area contributed by atoms with Crippen LogP contribution in [0.1, 0.15) is 17.2 Å². The highest BCUT2D eigenvalue weighted by molar-refractivity contribution is 6.30. The number of nitrogens with zero attached hydrogens (tertiary/aromatic N) is 3. The zero-order valence-corrected chi connectivity index (χ0v) is 12.7. The molecule has 0 radical (unpaired) electrons. The third-order valence-electron chi connectivity index (χ3n) is 3.84. The van der Waals surface area contributed by atoms with Crippen molar-refractivity contribution in [3.8, 4) is 0 Å². The summed E-state index contributed by atoms with van der Waals surface area (Å²) in [6, 6.07) is 14.3. The number of fused-ring (bicyclic) bond motifs is 1. The number of nitroso groups, excluding NO2 is 1. The topological polar surface area (TPSA) is 53.0 Å². The molecule has 2 aromatic carbocycles. The fourth-order valence-electron chi connectivity index (χ4n) is 2.74. The molecule has 2 aromatic rings. The second-order valence-electron chi connectivity index (χ2n) is 5.15. The van der Waals surface area contributed by atoms with Gasteiger partial charge in [0, 0.05) is 23.3 Å². The lowest BCUT2D eigenvalue weighted by Crippen LogP contribution is -2.33. The Bertz CT molecular complexity index is 721. The molecule has 1 atom stereocenters. The molecular formula is C16H14ClN3O2. The molecule has 1 heterocycles. The Morgan fingerprint density at radius 3 is 2.59 bits per heavy atom. The summed E-state index contributed by atoms with van der Waals surface area (Å²) in [5.41, 5.74) is 2.40. The number of hydrogen-bond acceptors (Lipinski definition) is 3. The van der Waals surface area contributed by atoms with E-state index in [2.05, 4.69) is 5.29 Å². The summed E-state index contributed by atoms with van der Waals surface area (Å²) < 4.78 is 0. The highest BCUT2D eigenvalue weighted by atomic mass is 35.5. The fraction of sp³-hybridized carbons (Fsp3) is 0.188. The van der Waals surface area contributed by atoms with Gasteiger partial charge in [-0.15, -0.1) is 4.91 Å². The molecule has 3 rings (SSSR count). The van der Waals surface area contributed by atoms with Gasteiger partial charge in [-0.2, -0.15) is 0 Å². The summed E-state index contributed by atoms with van der Waals surface area (Å²) in [6.07, 6.45) is 0. The van der Waals surface area contributed by atoms with Crippen LogP contribution in [0.3, 0.4) is 0 Å². The number of benzene rings is 2. The summed E-state index contributed by atoms with van der Waals surface area (Å²) in [7, 11) is 1.69. The Kier molecular flexibility index (Phi) is 3.81. The van der Waals surface area contributed by atoms with Gasteiger partial charge in [0.25, 0.3) is 0 Å². The standard InChI is InChI=1S/C16H14ClN3O2/c1-19-14-8-7-12(17)9-13(14)16(11-5-3-2-4-6-11)20(18-22)10-15(19)21/h2-9,16H,10H2,1H3. The van der Waals surface area contributed by atoms with Crippen LogP contribution in [0.4, 0.5) is 5.69 Å². The molecule has 1 unspecified atom stereocenters. The predicted molar refractivity (Wildman–Crippen MR) is 85.6 cm³/mol. The predicted octanol–water partition coefficient (Wildman–Crippen LogP) is 3.39. The van der Waals surface area contributed by atoms with Crippen LogP contribution < -0.4 is 4.90 Å². The van der Waals surface area contributed by atoms with Crippen molar-refractivity contribution < 1.29 is 4.79 Å². The molecule has 1 aliphatic heterocycles. The first-order valence-corrected chi connectivity index (χ1v) is 7.20. The summed E-state index contributed by atoms with van der Waals surface area (Å²) in [5, 5.41) is 4.88. The molecule has 6 heteroatoms. The van der Waals surface area contributed by atoms with Gasteiger partial charge >= 0.3 is 0 Å². The van der Waals surface area contributed by atoms with E-state index in [-0.39, 0.29) is 12.5 Å². The first-order chi connectivity index (χ1) is 10.6. The van der Waals surface area contributed by atoms with Crippen LogP contribution in [0.5, 0.6) is 0 Å². The van der Waals surface area contributed by atoms with Gasteiger partial charge in [0.2, 0.25) is 5.91 Å². The minimum absolute atomic E-state index is 0.0775. The maximum atomic E-state index is 12.3. The van der Waals surface area contributed by atoms with E-state index in [0.717, 1.165) is 16.8 Å². The third-order valence-corrected chi connectivity index (χ3v) is 4.07. The highest BCUT2D eigenvalue weighted by Crippen LogP contribution is 2.38. The van der Waals surface area contributed by atoms with Crippen LogP contribution in [0, 0.1) is 4.91 Å². The number of amides is 1. The van der Waals surface area contributed by atoms with E-state index >= 15 is 0 Å². The zero-order valence-electron chi connectivity index (χ0n) is 11.9. The maximum absolute atomic E-state index is 12.3. The minimum atomic E-state index is -0.443. The van der Waals surface area contributed by atoms with Gasteiger partial charge in [0.05, 0.1) is 5.29 Å². The van der Waals surface area contributed by atoms with Gasteiger partial charge in [0.1, 0.15) is 12.6 Å². The number of halogens is 1. The van der Waals surface area contributed by atoms with Crippen LogP contribution in [0.2, 0.25) is 5.02 Å². The largest absolute Gasteiger partial charge is 0.314 e.